The van der Waals surface area contributed by atoms with E-state index >= 15 is 0 Å². The van der Waals surface area contributed by atoms with Crippen molar-refractivity contribution in [3.05, 3.63) is 0 Å². The Morgan fingerprint density at radius 1 is 1.79 bits per heavy atom. The summed E-state index contributed by atoms with van der Waals surface area (Å²) in [5.41, 5.74) is 5.39. The molecule has 1 heterocycles. The molecule has 0 aromatic heterocycles. The van der Waals surface area contributed by atoms with E-state index in [2.05, 4.69) is 10.6 Å². The first kappa shape index (κ1) is 11.0. The summed E-state index contributed by atoms with van der Waals surface area (Å²) in [4.78, 5) is 22.4. The van der Waals surface area contributed by atoms with Crippen molar-refractivity contribution in [1.82, 2.24) is 10.6 Å². The first-order valence-electron chi connectivity index (χ1n) is 4.90. The Morgan fingerprint density at radius 2 is 2.50 bits per heavy atom. The van der Waals surface area contributed by atoms with Gasteiger partial charge in [-0.3, -0.25) is 9.59 Å². The van der Waals surface area contributed by atoms with Gasteiger partial charge in [0.1, 0.15) is 0 Å². The van der Waals surface area contributed by atoms with Crippen molar-refractivity contribution in [2.24, 2.45) is 11.7 Å². The average molecular weight is 199 g/mol. The van der Waals surface area contributed by atoms with Crippen molar-refractivity contribution in [2.45, 2.75) is 25.8 Å². The normalized spacial score (nSPS) is 23.9. The topological polar surface area (TPSA) is 84.2 Å². The van der Waals surface area contributed by atoms with Crippen LogP contribution in [0.3, 0.4) is 0 Å². The molecule has 0 radical (unpaired) electrons. The molecule has 1 aliphatic rings. The Labute approximate surface area is 83.4 Å². The standard InChI is InChI=1S/C9H17N3O2/c1-6(4-10)12-9(14)7-2-3-8(13)11-5-7/h6-7H,2-5,10H2,1H3,(H,11,13)(H,12,14). The number of rotatable bonds is 3. The third-order valence-electron chi connectivity index (χ3n) is 2.38. The van der Waals surface area contributed by atoms with Crippen molar-refractivity contribution in [3.63, 3.8) is 0 Å². The van der Waals surface area contributed by atoms with E-state index in [1.165, 1.54) is 0 Å². The molecule has 5 heteroatoms. The van der Waals surface area contributed by atoms with Crippen molar-refractivity contribution in [3.8, 4) is 0 Å². The number of amides is 2. The molecule has 0 aromatic carbocycles. The molecular formula is C9H17N3O2. The Balaban J connectivity index is 2.34. The molecule has 5 nitrogen and oxygen atoms in total. The number of nitrogens with one attached hydrogen (secondary N) is 2. The second kappa shape index (κ2) is 4.95. The van der Waals surface area contributed by atoms with Crippen molar-refractivity contribution >= 4 is 11.8 Å². The number of nitrogens with two attached hydrogens (primary N) is 1. The van der Waals surface area contributed by atoms with Crippen LogP contribution in [0.1, 0.15) is 19.8 Å². The van der Waals surface area contributed by atoms with E-state index < -0.39 is 0 Å². The van der Waals surface area contributed by atoms with Crippen LogP contribution < -0.4 is 16.4 Å². The predicted octanol–water partition coefficient (Wildman–Crippen LogP) is -1.02. The third-order valence-corrected chi connectivity index (χ3v) is 2.38. The smallest absolute Gasteiger partial charge is 0.225 e. The first-order chi connectivity index (χ1) is 6.63. The summed E-state index contributed by atoms with van der Waals surface area (Å²) in [7, 11) is 0. The molecule has 2 atom stereocenters. The first-order valence-corrected chi connectivity index (χ1v) is 4.90. The fourth-order valence-electron chi connectivity index (χ4n) is 1.38. The highest BCUT2D eigenvalue weighted by Crippen LogP contribution is 2.10. The lowest BCUT2D eigenvalue weighted by atomic mass is 9.98. The zero-order chi connectivity index (χ0) is 10.6. The minimum atomic E-state index is -0.0956. The molecule has 0 aromatic rings. The van der Waals surface area contributed by atoms with Crippen LogP contribution in [0.5, 0.6) is 0 Å². The fourth-order valence-corrected chi connectivity index (χ4v) is 1.38. The van der Waals surface area contributed by atoms with Crippen LogP contribution in [0.2, 0.25) is 0 Å². The lowest BCUT2D eigenvalue weighted by Gasteiger charge is -2.23. The van der Waals surface area contributed by atoms with Crippen LogP contribution in [-0.2, 0) is 9.59 Å². The number of hydrogen-bond donors (Lipinski definition) is 3. The summed E-state index contributed by atoms with van der Waals surface area (Å²) in [6.07, 6.45) is 1.07. The van der Waals surface area contributed by atoms with E-state index in [0.29, 0.717) is 25.9 Å². The molecule has 0 bridgehead atoms. The summed E-state index contributed by atoms with van der Waals surface area (Å²) >= 11 is 0. The number of carbonyl (C=O) groups is 2. The Hall–Kier alpha value is -1.10. The van der Waals surface area contributed by atoms with Crippen molar-refractivity contribution in [1.29, 1.82) is 0 Å². The van der Waals surface area contributed by atoms with Gasteiger partial charge in [-0.1, -0.05) is 0 Å². The summed E-state index contributed by atoms with van der Waals surface area (Å²) in [6, 6.07) is 0.000119. The highest BCUT2D eigenvalue weighted by molar-refractivity contribution is 5.83. The van der Waals surface area contributed by atoms with Gasteiger partial charge in [0, 0.05) is 25.6 Å². The number of carbonyl (C=O) groups excluding carboxylic acids is 2. The third kappa shape index (κ3) is 2.99. The van der Waals surface area contributed by atoms with E-state index in [0.717, 1.165) is 0 Å². The molecule has 1 saturated heterocycles. The molecule has 2 amide bonds. The molecule has 1 rings (SSSR count). The molecule has 14 heavy (non-hydrogen) atoms. The van der Waals surface area contributed by atoms with Gasteiger partial charge in [0.2, 0.25) is 11.8 Å². The van der Waals surface area contributed by atoms with Gasteiger partial charge >= 0.3 is 0 Å². The molecule has 0 saturated carbocycles. The molecule has 2 unspecified atom stereocenters. The zero-order valence-electron chi connectivity index (χ0n) is 8.38. The second-order valence-electron chi connectivity index (χ2n) is 3.69. The molecular weight excluding hydrogens is 182 g/mol. The highest BCUT2D eigenvalue weighted by atomic mass is 16.2. The van der Waals surface area contributed by atoms with Crippen LogP contribution in [0, 0.1) is 5.92 Å². The monoisotopic (exact) mass is 199 g/mol. The molecule has 0 spiro atoms. The van der Waals surface area contributed by atoms with Gasteiger partial charge < -0.3 is 16.4 Å². The molecule has 1 fully saturated rings. The van der Waals surface area contributed by atoms with E-state index in [4.69, 9.17) is 5.73 Å². The minimum Gasteiger partial charge on any atom is -0.355 e. The summed E-state index contributed by atoms with van der Waals surface area (Å²) in [6.45, 7) is 2.74. The Bertz CT molecular complexity index is 220. The molecule has 1 aliphatic heterocycles. The van der Waals surface area contributed by atoms with Crippen LogP contribution in [0.4, 0.5) is 0 Å². The summed E-state index contributed by atoms with van der Waals surface area (Å²) in [5, 5.41) is 5.47. The minimum absolute atomic E-state index is 0.000119. The predicted molar refractivity (Wildman–Crippen MR) is 52.4 cm³/mol. The van der Waals surface area contributed by atoms with Gasteiger partial charge in [0.05, 0.1) is 5.92 Å². The quantitative estimate of drug-likeness (QED) is 0.543. The molecule has 80 valence electrons. The van der Waals surface area contributed by atoms with Crippen LogP contribution in [-0.4, -0.2) is 30.9 Å². The van der Waals surface area contributed by atoms with Gasteiger partial charge in [-0.25, -0.2) is 0 Å². The Kier molecular flexibility index (Phi) is 3.88. The molecule has 4 N–H and O–H groups in total. The number of hydrogen-bond acceptors (Lipinski definition) is 3. The second-order valence-corrected chi connectivity index (χ2v) is 3.69. The van der Waals surface area contributed by atoms with E-state index in [-0.39, 0.29) is 23.8 Å². The molecule has 0 aliphatic carbocycles. The summed E-state index contributed by atoms with van der Waals surface area (Å²) < 4.78 is 0. The maximum absolute atomic E-state index is 11.6. The SMILES string of the molecule is CC(CN)NC(=O)C1CCC(=O)NC1. The van der Waals surface area contributed by atoms with Gasteiger partial charge in [-0.2, -0.15) is 0 Å². The van der Waals surface area contributed by atoms with Crippen molar-refractivity contribution in [2.75, 3.05) is 13.1 Å². The van der Waals surface area contributed by atoms with E-state index in [1.54, 1.807) is 0 Å². The Morgan fingerprint density at radius 3 is 3.00 bits per heavy atom. The largest absolute Gasteiger partial charge is 0.355 e. The zero-order valence-corrected chi connectivity index (χ0v) is 8.38. The van der Waals surface area contributed by atoms with E-state index in [9.17, 15) is 9.59 Å². The lowest BCUT2D eigenvalue weighted by Crippen LogP contribution is -2.46. The maximum atomic E-state index is 11.6. The summed E-state index contributed by atoms with van der Waals surface area (Å²) in [5.74, 6) is -0.0782. The van der Waals surface area contributed by atoms with Gasteiger partial charge in [-0.05, 0) is 13.3 Å². The fraction of sp³-hybridized carbons (Fsp3) is 0.778. The van der Waals surface area contributed by atoms with Gasteiger partial charge in [-0.15, -0.1) is 0 Å². The highest BCUT2D eigenvalue weighted by Gasteiger charge is 2.24. The number of piperidine rings is 1. The van der Waals surface area contributed by atoms with Crippen molar-refractivity contribution < 1.29 is 9.59 Å². The lowest BCUT2D eigenvalue weighted by molar-refractivity contribution is -0.129. The average Bonchev–Trinajstić information content (AvgIpc) is 2.18. The van der Waals surface area contributed by atoms with Crippen LogP contribution >= 0.6 is 0 Å². The van der Waals surface area contributed by atoms with E-state index in [1.807, 2.05) is 6.92 Å². The van der Waals surface area contributed by atoms with Gasteiger partial charge in [0.25, 0.3) is 0 Å². The van der Waals surface area contributed by atoms with Gasteiger partial charge in [0.15, 0.2) is 0 Å². The van der Waals surface area contributed by atoms with Crippen LogP contribution in [0.25, 0.3) is 0 Å². The maximum Gasteiger partial charge on any atom is 0.225 e. The van der Waals surface area contributed by atoms with Crippen LogP contribution in [0.15, 0.2) is 0 Å².